The zero-order chi connectivity index (χ0) is 13.5. The van der Waals surface area contributed by atoms with Crippen LogP contribution in [-0.2, 0) is 4.74 Å². The predicted octanol–water partition coefficient (Wildman–Crippen LogP) is 1.54. The van der Waals surface area contributed by atoms with E-state index in [1.165, 1.54) is 7.11 Å². The van der Waals surface area contributed by atoms with Crippen LogP contribution in [0.15, 0.2) is 18.2 Å². The number of nitro groups is 1. The Hall–Kier alpha value is -1.73. The average Bonchev–Trinajstić information content (AvgIpc) is 2.29. The Morgan fingerprint density at radius 1 is 1.61 bits per heavy atom. The normalized spacial score (nSPS) is 12.2. The Bertz CT molecular complexity index is 414. The van der Waals surface area contributed by atoms with Crippen molar-refractivity contribution in [2.45, 2.75) is 12.5 Å². The first-order chi connectivity index (χ1) is 8.54. The van der Waals surface area contributed by atoms with Gasteiger partial charge >= 0.3 is 0 Å². The summed E-state index contributed by atoms with van der Waals surface area (Å²) in [4.78, 5) is 10.1. The number of ether oxygens (including phenoxy) is 1. The summed E-state index contributed by atoms with van der Waals surface area (Å²) >= 11 is 0. The van der Waals surface area contributed by atoms with Crippen LogP contribution in [0, 0.1) is 15.9 Å². The number of aliphatic hydroxyl groups is 1. The maximum Gasteiger partial charge on any atom is 0.292 e. The highest BCUT2D eigenvalue weighted by Gasteiger charge is 2.14. The van der Waals surface area contributed by atoms with Gasteiger partial charge in [0.15, 0.2) is 0 Å². The maximum atomic E-state index is 13.0. The number of nitro benzene ring substituents is 1. The Labute approximate surface area is 104 Å². The van der Waals surface area contributed by atoms with E-state index in [9.17, 15) is 19.6 Å². The molecule has 0 bridgehead atoms. The van der Waals surface area contributed by atoms with Crippen molar-refractivity contribution in [3.05, 3.63) is 34.1 Å². The van der Waals surface area contributed by atoms with Gasteiger partial charge in [0.05, 0.1) is 17.6 Å². The first-order valence-corrected chi connectivity index (χ1v) is 5.39. The smallest absolute Gasteiger partial charge is 0.292 e. The molecule has 0 saturated carbocycles. The second-order valence-corrected chi connectivity index (χ2v) is 3.74. The quantitative estimate of drug-likeness (QED) is 0.572. The molecule has 1 aromatic carbocycles. The topological polar surface area (TPSA) is 84.6 Å². The minimum Gasteiger partial charge on any atom is -0.391 e. The van der Waals surface area contributed by atoms with Gasteiger partial charge in [-0.3, -0.25) is 10.1 Å². The Kier molecular flexibility index (Phi) is 5.47. The van der Waals surface area contributed by atoms with E-state index < -0.39 is 16.8 Å². The molecule has 1 unspecified atom stereocenters. The van der Waals surface area contributed by atoms with Crippen molar-refractivity contribution in [3.8, 4) is 0 Å². The molecule has 0 spiro atoms. The van der Waals surface area contributed by atoms with Crippen LogP contribution in [0.5, 0.6) is 0 Å². The van der Waals surface area contributed by atoms with Crippen molar-refractivity contribution in [2.24, 2.45) is 0 Å². The van der Waals surface area contributed by atoms with Gasteiger partial charge in [-0.15, -0.1) is 0 Å². The molecule has 0 saturated heterocycles. The van der Waals surface area contributed by atoms with Gasteiger partial charge in [0.2, 0.25) is 0 Å². The van der Waals surface area contributed by atoms with Crippen LogP contribution in [0.4, 0.5) is 15.8 Å². The van der Waals surface area contributed by atoms with Gasteiger partial charge in [-0.05, 0) is 12.5 Å². The van der Waals surface area contributed by atoms with Crippen LogP contribution >= 0.6 is 0 Å². The number of benzene rings is 1. The molecule has 2 N–H and O–H groups in total. The second-order valence-electron chi connectivity index (χ2n) is 3.74. The van der Waals surface area contributed by atoms with E-state index in [-0.39, 0.29) is 24.5 Å². The van der Waals surface area contributed by atoms with Gasteiger partial charge in [0, 0.05) is 25.8 Å². The summed E-state index contributed by atoms with van der Waals surface area (Å²) in [6.07, 6.45) is -0.309. The molecule has 0 radical (unpaired) electrons. The second kappa shape index (κ2) is 6.87. The number of rotatable bonds is 7. The summed E-state index contributed by atoms with van der Waals surface area (Å²) in [6.45, 7) is 0.474. The van der Waals surface area contributed by atoms with Crippen LogP contribution < -0.4 is 5.32 Å². The number of hydrogen-bond donors (Lipinski definition) is 2. The Balaban J connectivity index is 2.60. The molecule has 0 fully saturated rings. The molecular weight excluding hydrogens is 243 g/mol. The molecule has 0 aliphatic heterocycles. The summed E-state index contributed by atoms with van der Waals surface area (Å²) in [7, 11) is 1.47. The van der Waals surface area contributed by atoms with E-state index in [2.05, 4.69) is 5.32 Å². The van der Waals surface area contributed by atoms with Crippen LogP contribution in [0.3, 0.4) is 0 Å². The third-order valence-corrected chi connectivity index (χ3v) is 2.31. The van der Waals surface area contributed by atoms with Gasteiger partial charge in [-0.1, -0.05) is 0 Å². The molecule has 6 nitrogen and oxygen atoms in total. The molecule has 1 aromatic rings. The Morgan fingerprint density at radius 2 is 2.33 bits per heavy atom. The zero-order valence-corrected chi connectivity index (χ0v) is 9.93. The molecule has 0 aliphatic carbocycles. The number of anilines is 1. The number of nitrogens with zero attached hydrogens (tertiary/aromatic N) is 1. The van der Waals surface area contributed by atoms with Gasteiger partial charge in [-0.2, -0.15) is 0 Å². The van der Waals surface area contributed by atoms with E-state index in [0.29, 0.717) is 6.42 Å². The van der Waals surface area contributed by atoms with E-state index >= 15 is 0 Å². The molecule has 0 amide bonds. The summed E-state index contributed by atoms with van der Waals surface area (Å²) < 4.78 is 17.7. The molecule has 7 heteroatoms. The summed E-state index contributed by atoms with van der Waals surface area (Å²) in [5.74, 6) is -0.555. The number of halogens is 1. The summed E-state index contributed by atoms with van der Waals surface area (Å²) in [5.41, 5.74) is -0.0951. The average molecular weight is 258 g/mol. The van der Waals surface area contributed by atoms with Gasteiger partial charge in [-0.25, -0.2) is 4.39 Å². The minimum atomic E-state index is -0.657. The van der Waals surface area contributed by atoms with E-state index in [0.717, 1.165) is 18.2 Å². The number of aliphatic hydroxyl groups excluding tert-OH is 1. The van der Waals surface area contributed by atoms with Crippen LogP contribution in [0.25, 0.3) is 0 Å². The molecule has 1 atom stereocenters. The standard InChI is InChI=1S/C11H15FN2O4/c1-18-7-9(15)4-5-13-10-6-8(12)2-3-11(10)14(16)17/h2-3,6,9,13,15H,4-5,7H2,1H3. The molecule has 1 rings (SSSR count). The van der Waals surface area contributed by atoms with Crippen molar-refractivity contribution >= 4 is 11.4 Å². The largest absolute Gasteiger partial charge is 0.391 e. The fraction of sp³-hybridized carbons (Fsp3) is 0.455. The summed E-state index contributed by atoms with van der Waals surface area (Å²) in [6, 6.07) is 3.19. The molecule has 100 valence electrons. The lowest BCUT2D eigenvalue weighted by molar-refractivity contribution is -0.384. The molecule has 18 heavy (non-hydrogen) atoms. The predicted molar refractivity (Wildman–Crippen MR) is 64.0 cm³/mol. The lowest BCUT2D eigenvalue weighted by atomic mass is 10.2. The van der Waals surface area contributed by atoms with Crippen LogP contribution in [0.1, 0.15) is 6.42 Å². The number of hydrogen-bond acceptors (Lipinski definition) is 5. The highest BCUT2D eigenvalue weighted by Crippen LogP contribution is 2.24. The van der Waals surface area contributed by atoms with Gasteiger partial charge in [0.1, 0.15) is 11.5 Å². The fourth-order valence-electron chi connectivity index (χ4n) is 1.46. The molecular formula is C11H15FN2O4. The van der Waals surface area contributed by atoms with E-state index in [1.54, 1.807) is 0 Å². The lowest BCUT2D eigenvalue weighted by Gasteiger charge is -2.11. The zero-order valence-electron chi connectivity index (χ0n) is 9.93. The minimum absolute atomic E-state index is 0.101. The van der Waals surface area contributed by atoms with Crippen molar-refractivity contribution in [1.82, 2.24) is 0 Å². The van der Waals surface area contributed by atoms with Crippen LogP contribution in [0.2, 0.25) is 0 Å². The van der Waals surface area contributed by atoms with Crippen molar-refractivity contribution in [3.63, 3.8) is 0 Å². The monoisotopic (exact) mass is 258 g/mol. The molecule has 0 aliphatic rings. The lowest BCUT2D eigenvalue weighted by Crippen LogP contribution is -2.18. The molecule has 0 aromatic heterocycles. The SMILES string of the molecule is COCC(O)CCNc1cc(F)ccc1[N+](=O)[O-]. The van der Waals surface area contributed by atoms with Gasteiger partial charge in [0.25, 0.3) is 5.69 Å². The first kappa shape index (κ1) is 14.3. The van der Waals surface area contributed by atoms with E-state index in [4.69, 9.17) is 4.74 Å². The van der Waals surface area contributed by atoms with E-state index in [1.807, 2.05) is 0 Å². The van der Waals surface area contributed by atoms with Crippen molar-refractivity contribution in [2.75, 3.05) is 25.6 Å². The van der Waals surface area contributed by atoms with Gasteiger partial charge < -0.3 is 15.2 Å². The third-order valence-electron chi connectivity index (χ3n) is 2.31. The van der Waals surface area contributed by atoms with Crippen molar-refractivity contribution in [1.29, 1.82) is 0 Å². The fourth-order valence-corrected chi connectivity index (χ4v) is 1.46. The third kappa shape index (κ3) is 4.27. The number of methoxy groups -OCH3 is 1. The highest BCUT2D eigenvalue weighted by atomic mass is 19.1. The van der Waals surface area contributed by atoms with Crippen molar-refractivity contribution < 1.29 is 19.2 Å². The Morgan fingerprint density at radius 3 is 2.94 bits per heavy atom. The van der Waals surface area contributed by atoms with Crippen LogP contribution in [-0.4, -0.2) is 36.4 Å². The maximum absolute atomic E-state index is 13.0. The summed E-state index contributed by atoms with van der Waals surface area (Å²) in [5, 5.41) is 22.8. The number of nitrogens with one attached hydrogen (secondary N) is 1. The molecule has 0 heterocycles. The highest BCUT2D eigenvalue weighted by molar-refractivity contribution is 5.61. The first-order valence-electron chi connectivity index (χ1n) is 5.39.